The summed E-state index contributed by atoms with van der Waals surface area (Å²) in [5.74, 6) is 0. The molecule has 1 aromatic heterocycles. The fourth-order valence-corrected chi connectivity index (χ4v) is 1.48. The van der Waals surface area contributed by atoms with Crippen LogP contribution in [0.25, 0.3) is 0 Å². The van der Waals surface area contributed by atoms with Crippen LogP contribution in [-0.2, 0) is 6.54 Å². The second-order valence-electron chi connectivity index (χ2n) is 4.34. The minimum atomic E-state index is -0.243. The summed E-state index contributed by atoms with van der Waals surface area (Å²) < 4.78 is 2.60. The number of rotatable bonds is 3. The summed E-state index contributed by atoms with van der Waals surface area (Å²) in [6, 6.07) is -0.243. The maximum Gasteiger partial charge on any atom is 0.177 e. The number of nitroso groups, excluding NO2 is 1. The highest BCUT2D eigenvalue weighted by Gasteiger charge is 2.26. The minimum Gasteiger partial charge on any atom is -0.323 e. The molecule has 0 fully saturated rings. The van der Waals surface area contributed by atoms with Crippen LogP contribution in [0.2, 0.25) is 0 Å². The first-order valence-electron chi connectivity index (χ1n) is 4.44. The van der Waals surface area contributed by atoms with Gasteiger partial charge in [-0.2, -0.15) is 4.91 Å². The molecule has 0 N–H and O–H groups in total. The Morgan fingerprint density at radius 1 is 1.64 bits per heavy atom. The molecule has 0 amide bonds. The van der Waals surface area contributed by atoms with E-state index in [0.717, 1.165) is 4.73 Å². The Balaban J connectivity index is 2.76. The number of nitrogens with zero attached hydrogens (tertiary/aromatic N) is 3. The maximum absolute atomic E-state index is 10.7. The molecule has 0 aliphatic carbocycles. The molecular formula is C9H14BrN3O. The molecule has 1 heterocycles. The zero-order valence-corrected chi connectivity index (χ0v) is 10.2. The molecular weight excluding hydrogens is 246 g/mol. The van der Waals surface area contributed by atoms with Gasteiger partial charge < -0.3 is 4.57 Å². The lowest BCUT2D eigenvalue weighted by Gasteiger charge is -2.24. The second-order valence-corrected chi connectivity index (χ2v) is 5.05. The van der Waals surface area contributed by atoms with E-state index in [2.05, 4.69) is 26.1 Å². The minimum absolute atomic E-state index is 0.120. The smallest absolute Gasteiger partial charge is 0.177 e. The predicted octanol–water partition coefficient (Wildman–Crippen LogP) is 2.83. The van der Waals surface area contributed by atoms with Crippen LogP contribution in [0.1, 0.15) is 20.8 Å². The molecule has 1 aromatic rings. The molecule has 1 atom stereocenters. The number of aromatic nitrogens is 2. The van der Waals surface area contributed by atoms with Gasteiger partial charge in [-0.3, -0.25) is 0 Å². The third-order valence-corrected chi connectivity index (χ3v) is 2.82. The molecule has 0 aliphatic rings. The first-order valence-corrected chi connectivity index (χ1v) is 5.23. The van der Waals surface area contributed by atoms with E-state index in [1.54, 1.807) is 6.20 Å². The van der Waals surface area contributed by atoms with Gasteiger partial charge in [0.2, 0.25) is 0 Å². The van der Waals surface area contributed by atoms with Crippen molar-refractivity contribution in [3.63, 3.8) is 0 Å². The molecule has 0 saturated carbocycles. The molecule has 1 rings (SSSR count). The van der Waals surface area contributed by atoms with Crippen molar-refractivity contribution in [2.45, 2.75) is 33.4 Å². The van der Waals surface area contributed by atoms with Crippen molar-refractivity contribution in [3.05, 3.63) is 22.0 Å². The highest BCUT2D eigenvalue weighted by atomic mass is 79.9. The summed E-state index contributed by atoms with van der Waals surface area (Å²) in [7, 11) is 0. The molecule has 0 radical (unpaired) electrons. The molecule has 0 spiro atoms. The van der Waals surface area contributed by atoms with Gasteiger partial charge in [-0.1, -0.05) is 25.9 Å². The SMILES string of the molecule is CC(C)(C)C(Cn1ccnc1Br)N=O. The third-order valence-electron chi connectivity index (χ3n) is 2.16. The van der Waals surface area contributed by atoms with Crippen molar-refractivity contribution >= 4 is 15.9 Å². The van der Waals surface area contributed by atoms with E-state index >= 15 is 0 Å². The summed E-state index contributed by atoms with van der Waals surface area (Å²) in [4.78, 5) is 14.7. The number of hydrogen-bond acceptors (Lipinski definition) is 3. The molecule has 0 saturated heterocycles. The van der Waals surface area contributed by atoms with Crippen LogP contribution in [0, 0.1) is 10.3 Å². The molecule has 78 valence electrons. The monoisotopic (exact) mass is 259 g/mol. The lowest BCUT2D eigenvalue weighted by atomic mass is 9.87. The van der Waals surface area contributed by atoms with E-state index in [1.807, 2.05) is 31.5 Å². The van der Waals surface area contributed by atoms with E-state index < -0.39 is 0 Å². The van der Waals surface area contributed by atoms with Gasteiger partial charge in [0.1, 0.15) is 6.04 Å². The van der Waals surface area contributed by atoms with E-state index in [4.69, 9.17) is 0 Å². The predicted molar refractivity (Wildman–Crippen MR) is 59.0 cm³/mol. The maximum atomic E-state index is 10.7. The van der Waals surface area contributed by atoms with Crippen LogP contribution in [0.4, 0.5) is 0 Å². The van der Waals surface area contributed by atoms with E-state index in [9.17, 15) is 4.91 Å². The van der Waals surface area contributed by atoms with Gasteiger partial charge in [0.15, 0.2) is 4.73 Å². The lowest BCUT2D eigenvalue weighted by Crippen LogP contribution is -2.28. The van der Waals surface area contributed by atoms with E-state index in [0.29, 0.717) is 6.54 Å². The summed E-state index contributed by atoms with van der Waals surface area (Å²) >= 11 is 3.30. The van der Waals surface area contributed by atoms with Gasteiger partial charge in [0, 0.05) is 12.4 Å². The van der Waals surface area contributed by atoms with Gasteiger partial charge >= 0.3 is 0 Å². The zero-order chi connectivity index (χ0) is 10.8. The fourth-order valence-electron chi connectivity index (χ4n) is 1.10. The van der Waals surface area contributed by atoms with Crippen molar-refractivity contribution < 1.29 is 0 Å². The van der Waals surface area contributed by atoms with Gasteiger partial charge in [0.25, 0.3) is 0 Å². The van der Waals surface area contributed by atoms with Crippen molar-refractivity contribution in [3.8, 4) is 0 Å². The Bertz CT molecular complexity index is 316. The molecule has 0 aliphatic heterocycles. The van der Waals surface area contributed by atoms with Crippen LogP contribution >= 0.6 is 15.9 Å². The quantitative estimate of drug-likeness (QED) is 0.784. The largest absolute Gasteiger partial charge is 0.323 e. The average molecular weight is 260 g/mol. The van der Waals surface area contributed by atoms with Crippen LogP contribution < -0.4 is 0 Å². The van der Waals surface area contributed by atoms with Gasteiger partial charge in [-0.15, -0.1) is 0 Å². The number of halogens is 1. The third kappa shape index (κ3) is 2.64. The van der Waals surface area contributed by atoms with E-state index in [-0.39, 0.29) is 11.5 Å². The molecule has 1 unspecified atom stereocenters. The second kappa shape index (κ2) is 4.21. The van der Waals surface area contributed by atoms with Crippen LogP contribution in [0.5, 0.6) is 0 Å². The zero-order valence-electron chi connectivity index (χ0n) is 8.57. The molecule has 14 heavy (non-hydrogen) atoms. The topological polar surface area (TPSA) is 47.2 Å². The summed E-state index contributed by atoms with van der Waals surface area (Å²) in [5, 5.41) is 3.16. The summed E-state index contributed by atoms with van der Waals surface area (Å²) in [6.45, 7) is 6.57. The standard InChI is InChI=1S/C9H14BrN3O/c1-9(2,3)7(12-14)6-13-5-4-11-8(13)10/h4-5,7H,6H2,1-3H3. The molecule has 4 nitrogen and oxygen atoms in total. The highest BCUT2D eigenvalue weighted by Crippen LogP contribution is 2.24. The average Bonchev–Trinajstić information content (AvgIpc) is 2.45. The fraction of sp³-hybridized carbons (Fsp3) is 0.667. The highest BCUT2D eigenvalue weighted by molar-refractivity contribution is 9.10. The van der Waals surface area contributed by atoms with Crippen LogP contribution in [0.3, 0.4) is 0 Å². The number of imidazole rings is 1. The molecule has 0 bridgehead atoms. The normalized spacial score (nSPS) is 14.0. The Morgan fingerprint density at radius 3 is 2.64 bits per heavy atom. The molecule has 0 aromatic carbocycles. The lowest BCUT2D eigenvalue weighted by molar-refractivity contribution is 0.290. The van der Waals surface area contributed by atoms with Crippen molar-refractivity contribution in [2.24, 2.45) is 10.6 Å². The van der Waals surface area contributed by atoms with Gasteiger partial charge in [-0.05, 0) is 21.3 Å². The van der Waals surface area contributed by atoms with Crippen LogP contribution in [0.15, 0.2) is 22.3 Å². The Hall–Kier alpha value is -0.710. The Labute approximate surface area is 91.8 Å². The van der Waals surface area contributed by atoms with Crippen molar-refractivity contribution in [1.82, 2.24) is 9.55 Å². The van der Waals surface area contributed by atoms with Gasteiger partial charge in [-0.25, -0.2) is 4.98 Å². The Morgan fingerprint density at radius 2 is 2.29 bits per heavy atom. The van der Waals surface area contributed by atoms with Crippen molar-refractivity contribution in [1.29, 1.82) is 0 Å². The summed E-state index contributed by atoms with van der Waals surface area (Å²) in [6.07, 6.45) is 3.52. The summed E-state index contributed by atoms with van der Waals surface area (Å²) in [5.41, 5.74) is -0.120. The number of hydrogen-bond donors (Lipinski definition) is 0. The van der Waals surface area contributed by atoms with E-state index in [1.165, 1.54) is 0 Å². The van der Waals surface area contributed by atoms with Crippen LogP contribution in [-0.4, -0.2) is 15.6 Å². The van der Waals surface area contributed by atoms with Gasteiger partial charge in [0.05, 0.1) is 6.54 Å². The first kappa shape index (κ1) is 11.4. The van der Waals surface area contributed by atoms with Crippen molar-refractivity contribution in [2.75, 3.05) is 0 Å². The Kier molecular flexibility index (Phi) is 3.42. The first-order chi connectivity index (χ1) is 6.45. The molecule has 5 heteroatoms.